The number of hydrogen-bond acceptors (Lipinski definition) is 2. The summed E-state index contributed by atoms with van der Waals surface area (Å²) in [7, 11) is 0. The van der Waals surface area contributed by atoms with Gasteiger partial charge in [0.2, 0.25) is 5.91 Å². The van der Waals surface area contributed by atoms with E-state index >= 15 is 0 Å². The van der Waals surface area contributed by atoms with E-state index in [1.54, 1.807) is 0 Å². The van der Waals surface area contributed by atoms with Crippen LogP contribution >= 0.6 is 0 Å². The molecule has 1 rings (SSSR count). The summed E-state index contributed by atoms with van der Waals surface area (Å²) in [6, 6.07) is 0.614. The Kier molecular flexibility index (Phi) is 5.11. The van der Waals surface area contributed by atoms with Crippen molar-refractivity contribution < 1.29 is 22.4 Å². The maximum absolute atomic E-state index is 12.6. The van der Waals surface area contributed by atoms with Crippen molar-refractivity contribution in [3.05, 3.63) is 17.5 Å². The van der Waals surface area contributed by atoms with E-state index in [9.17, 15) is 22.4 Å². The molecule has 4 nitrogen and oxygen atoms in total. The average Bonchev–Trinajstić information content (AvgIpc) is 2.70. The number of rotatable bonds is 6. The van der Waals surface area contributed by atoms with Crippen LogP contribution in [-0.2, 0) is 11.3 Å². The summed E-state index contributed by atoms with van der Waals surface area (Å²) in [4.78, 5) is 11.3. The lowest BCUT2D eigenvalue weighted by Gasteiger charge is -2.06. The number of carbonyl (C=O) groups is 1. The molecule has 1 aromatic heterocycles. The number of nitrogens with zero attached hydrogens (tertiary/aromatic N) is 2. The lowest BCUT2D eigenvalue weighted by molar-refractivity contribution is -0.121. The van der Waals surface area contributed by atoms with Gasteiger partial charge in [-0.1, -0.05) is 6.92 Å². The lowest BCUT2D eigenvalue weighted by Crippen LogP contribution is -2.29. The van der Waals surface area contributed by atoms with Gasteiger partial charge in [-0.15, -0.1) is 0 Å². The summed E-state index contributed by atoms with van der Waals surface area (Å²) in [6.07, 6.45) is -5.21. The third kappa shape index (κ3) is 3.71. The maximum atomic E-state index is 12.6. The zero-order valence-corrected chi connectivity index (χ0v) is 9.67. The highest BCUT2D eigenvalue weighted by atomic mass is 19.3. The molecule has 0 aliphatic carbocycles. The number of carbonyl (C=O) groups excluding carboxylic acids is 1. The Hall–Kier alpha value is -1.60. The topological polar surface area (TPSA) is 46.9 Å². The van der Waals surface area contributed by atoms with E-state index in [4.69, 9.17) is 0 Å². The molecule has 0 fully saturated rings. The van der Waals surface area contributed by atoms with E-state index in [2.05, 4.69) is 10.4 Å². The third-order valence-corrected chi connectivity index (χ3v) is 2.14. The van der Waals surface area contributed by atoms with Crippen LogP contribution in [0.1, 0.15) is 37.6 Å². The Morgan fingerprint density at radius 1 is 1.39 bits per heavy atom. The van der Waals surface area contributed by atoms with E-state index in [0.717, 1.165) is 0 Å². The SMILES string of the molecule is CCCNC(=O)Cn1nc(C(F)F)cc1C(F)F. The van der Waals surface area contributed by atoms with Gasteiger partial charge in [0.1, 0.15) is 17.9 Å². The minimum absolute atomic E-state index is 0.395. The number of nitrogens with one attached hydrogen (secondary N) is 1. The van der Waals surface area contributed by atoms with Gasteiger partial charge in [-0.3, -0.25) is 9.48 Å². The van der Waals surface area contributed by atoms with E-state index < -0.39 is 36.7 Å². The lowest BCUT2D eigenvalue weighted by atomic mass is 10.3. The molecule has 102 valence electrons. The van der Waals surface area contributed by atoms with Crippen molar-refractivity contribution in [1.29, 1.82) is 0 Å². The van der Waals surface area contributed by atoms with Crippen molar-refractivity contribution in [2.45, 2.75) is 32.7 Å². The van der Waals surface area contributed by atoms with Crippen LogP contribution in [0.2, 0.25) is 0 Å². The van der Waals surface area contributed by atoms with Crippen molar-refractivity contribution in [2.24, 2.45) is 0 Å². The number of alkyl halides is 4. The van der Waals surface area contributed by atoms with E-state index in [1.807, 2.05) is 6.92 Å². The van der Waals surface area contributed by atoms with Gasteiger partial charge < -0.3 is 5.32 Å². The quantitative estimate of drug-likeness (QED) is 0.804. The minimum atomic E-state index is -2.95. The fourth-order valence-corrected chi connectivity index (χ4v) is 1.32. The van der Waals surface area contributed by atoms with Gasteiger partial charge in [-0.2, -0.15) is 5.10 Å². The fourth-order valence-electron chi connectivity index (χ4n) is 1.32. The molecule has 1 amide bonds. The Morgan fingerprint density at radius 2 is 2.06 bits per heavy atom. The summed E-state index contributed by atoms with van der Waals surface area (Å²) in [5, 5.41) is 5.76. The van der Waals surface area contributed by atoms with E-state index in [1.165, 1.54) is 0 Å². The van der Waals surface area contributed by atoms with Crippen molar-refractivity contribution >= 4 is 5.91 Å². The monoisotopic (exact) mass is 267 g/mol. The van der Waals surface area contributed by atoms with Crippen molar-refractivity contribution in [3.63, 3.8) is 0 Å². The molecule has 1 N–H and O–H groups in total. The number of amides is 1. The molecule has 1 heterocycles. The van der Waals surface area contributed by atoms with Crippen LogP contribution in [0, 0.1) is 0 Å². The van der Waals surface area contributed by atoms with Gasteiger partial charge in [0.25, 0.3) is 12.9 Å². The molecule has 0 unspecified atom stereocenters. The van der Waals surface area contributed by atoms with Crippen LogP contribution in [0.5, 0.6) is 0 Å². The van der Waals surface area contributed by atoms with Crippen LogP contribution in [0.25, 0.3) is 0 Å². The fraction of sp³-hybridized carbons (Fsp3) is 0.600. The molecule has 0 spiro atoms. The standard InChI is InChI=1S/C10H13F4N3O/c1-2-3-15-8(18)5-17-7(10(13)14)4-6(16-17)9(11)12/h4,9-10H,2-3,5H2,1H3,(H,15,18). The molecular formula is C10H13F4N3O. The molecule has 1 aromatic rings. The van der Waals surface area contributed by atoms with Crippen LogP contribution in [0.4, 0.5) is 17.6 Å². The first-order valence-electron chi connectivity index (χ1n) is 5.36. The molecule has 0 bridgehead atoms. The molecule has 0 aliphatic heterocycles. The average molecular weight is 267 g/mol. The first kappa shape index (κ1) is 14.5. The molecular weight excluding hydrogens is 254 g/mol. The largest absolute Gasteiger partial charge is 0.355 e. The molecule has 0 aromatic carbocycles. The normalized spacial score (nSPS) is 11.3. The molecule has 0 saturated carbocycles. The Bertz CT molecular complexity index is 406. The van der Waals surface area contributed by atoms with Crippen molar-refractivity contribution in [2.75, 3.05) is 6.54 Å². The molecule has 0 atom stereocenters. The second-order valence-corrected chi connectivity index (χ2v) is 3.60. The zero-order valence-electron chi connectivity index (χ0n) is 9.67. The summed E-state index contributed by atoms with van der Waals surface area (Å²) < 4.78 is 50.4. The zero-order chi connectivity index (χ0) is 13.7. The summed E-state index contributed by atoms with van der Waals surface area (Å²) in [5.41, 5.74) is -1.44. The van der Waals surface area contributed by atoms with Crippen LogP contribution in [0.3, 0.4) is 0 Å². The summed E-state index contributed by atoms with van der Waals surface area (Å²) in [6.45, 7) is 1.73. The van der Waals surface area contributed by atoms with Gasteiger partial charge in [-0.25, -0.2) is 17.6 Å². The molecule has 18 heavy (non-hydrogen) atoms. The van der Waals surface area contributed by atoms with Gasteiger partial charge in [0, 0.05) is 6.54 Å². The second-order valence-electron chi connectivity index (χ2n) is 3.60. The van der Waals surface area contributed by atoms with Crippen LogP contribution < -0.4 is 5.32 Å². The molecule has 8 heteroatoms. The summed E-state index contributed by atoms with van der Waals surface area (Å²) in [5.74, 6) is -0.539. The highest BCUT2D eigenvalue weighted by Gasteiger charge is 2.22. The van der Waals surface area contributed by atoms with Gasteiger partial charge in [-0.05, 0) is 12.5 Å². The predicted octanol–water partition coefficient (Wildman–Crippen LogP) is 2.28. The maximum Gasteiger partial charge on any atom is 0.282 e. The first-order chi connectivity index (χ1) is 8.45. The van der Waals surface area contributed by atoms with Crippen LogP contribution in [0.15, 0.2) is 6.07 Å². The summed E-state index contributed by atoms with van der Waals surface area (Å²) >= 11 is 0. The highest BCUT2D eigenvalue weighted by Crippen LogP contribution is 2.24. The van der Waals surface area contributed by atoms with Gasteiger partial charge in [0.05, 0.1) is 0 Å². The molecule has 0 saturated heterocycles. The minimum Gasteiger partial charge on any atom is -0.355 e. The van der Waals surface area contributed by atoms with Crippen molar-refractivity contribution in [1.82, 2.24) is 15.1 Å². The Balaban J connectivity index is 2.82. The Labute approximate surface area is 101 Å². The molecule has 0 radical (unpaired) electrons. The second kappa shape index (κ2) is 6.36. The smallest absolute Gasteiger partial charge is 0.282 e. The predicted molar refractivity (Wildman–Crippen MR) is 55.4 cm³/mol. The third-order valence-electron chi connectivity index (χ3n) is 2.14. The van der Waals surface area contributed by atoms with Gasteiger partial charge >= 0.3 is 0 Å². The van der Waals surface area contributed by atoms with E-state index in [-0.39, 0.29) is 0 Å². The first-order valence-corrected chi connectivity index (χ1v) is 5.36. The number of hydrogen-bond donors (Lipinski definition) is 1. The number of aromatic nitrogens is 2. The van der Waals surface area contributed by atoms with Crippen molar-refractivity contribution in [3.8, 4) is 0 Å². The van der Waals surface area contributed by atoms with Gasteiger partial charge in [0.15, 0.2) is 0 Å². The Morgan fingerprint density at radius 3 is 2.56 bits per heavy atom. The highest BCUT2D eigenvalue weighted by molar-refractivity contribution is 5.75. The van der Waals surface area contributed by atoms with Crippen LogP contribution in [-0.4, -0.2) is 22.2 Å². The van der Waals surface area contributed by atoms with E-state index in [0.29, 0.717) is 23.7 Å². The number of halogens is 4. The molecule has 0 aliphatic rings.